The SMILES string of the molecule is Nc1ccc(Oc2cccc(Cl)c2Cl)cc1C(F)(F)F. The summed E-state index contributed by atoms with van der Waals surface area (Å²) >= 11 is 11.7. The fourth-order valence-corrected chi connectivity index (χ4v) is 1.86. The molecule has 20 heavy (non-hydrogen) atoms. The van der Waals surface area contributed by atoms with Crippen molar-refractivity contribution in [1.29, 1.82) is 0 Å². The Labute approximate surface area is 122 Å². The van der Waals surface area contributed by atoms with Gasteiger partial charge in [-0.1, -0.05) is 29.3 Å². The number of nitrogen functional groups attached to an aromatic ring is 1. The molecule has 0 fully saturated rings. The van der Waals surface area contributed by atoms with Crippen LogP contribution in [0.5, 0.6) is 11.5 Å². The lowest BCUT2D eigenvalue weighted by molar-refractivity contribution is -0.137. The highest BCUT2D eigenvalue weighted by molar-refractivity contribution is 6.42. The van der Waals surface area contributed by atoms with E-state index in [4.69, 9.17) is 33.7 Å². The molecule has 0 saturated carbocycles. The van der Waals surface area contributed by atoms with Crippen molar-refractivity contribution >= 4 is 28.9 Å². The zero-order chi connectivity index (χ0) is 14.9. The average Bonchev–Trinajstić information content (AvgIpc) is 2.36. The number of ether oxygens (including phenoxy) is 1. The normalized spacial score (nSPS) is 11.4. The Balaban J connectivity index is 2.38. The molecule has 0 aliphatic rings. The summed E-state index contributed by atoms with van der Waals surface area (Å²) < 4.78 is 43.5. The van der Waals surface area contributed by atoms with Gasteiger partial charge in [-0.15, -0.1) is 0 Å². The number of hydrogen-bond acceptors (Lipinski definition) is 2. The molecule has 0 aromatic heterocycles. The Bertz CT molecular complexity index is 644. The molecule has 0 bridgehead atoms. The van der Waals surface area contributed by atoms with Gasteiger partial charge in [0.25, 0.3) is 0 Å². The molecular weight excluding hydrogens is 314 g/mol. The molecule has 0 radical (unpaired) electrons. The number of alkyl halides is 3. The van der Waals surface area contributed by atoms with Gasteiger partial charge >= 0.3 is 6.18 Å². The molecule has 0 atom stereocenters. The standard InChI is InChI=1S/C13H8Cl2F3NO/c14-9-2-1-3-11(12(9)15)20-7-4-5-10(19)8(6-7)13(16,17)18/h1-6H,19H2. The fraction of sp³-hybridized carbons (Fsp3) is 0.0769. The minimum absolute atomic E-state index is 0.0318. The highest BCUT2D eigenvalue weighted by atomic mass is 35.5. The smallest absolute Gasteiger partial charge is 0.418 e. The average molecular weight is 322 g/mol. The monoisotopic (exact) mass is 321 g/mol. The Morgan fingerprint density at radius 2 is 1.75 bits per heavy atom. The molecule has 0 unspecified atom stereocenters. The summed E-state index contributed by atoms with van der Waals surface area (Å²) in [4.78, 5) is 0. The summed E-state index contributed by atoms with van der Waals surface area (Å²) in [6, 6.07) is 7.87. The lowest BCUT2D eigenvalue weighted by Crippen LogP contribution is -2.08. The van der Waals surface area contributed by atoms with Gasteiger partial charge in [0.15, 0.2) is 0 Å². The molecule has 2 N–H and O–H groups in total. The van der Waals surface area contributed by atoms with Gasteiger partial charge in [0, 0.05) is 5.69 Å². The maximum atomic E-state index is 12.7. The number of anilines is 1. The first kappa shape index (κ1) is 14.8. The summed E-state index contributed by atoms with van der Waals surface area (Å²) in [6.07, 6.45) is -4.55. The van der Waals surface area contributed by atoms with Crippen LogP contribution in [0.2, 0.25) is 10.0 Å². The fourth-order valence-electron chi connectivity index (χ4n) is 1.53. The van der Waals surface area contributed by atoms with E-state index in [1.165, 1.54) is 12.1 Å². The van der Waals surface area contributed by atoms with Crippen molar-refractivity contribution in [2.75, 3.05) is 5.73 Å². The highest BCUT2D eigenvalue weighted by Gasteiger charge is 2.33. The first-order valence-corrected chi connectivity index (χ1v) is 6.13. The van der Waals surface area contributed by atoms with Crippen molar-refractivity contribution in [3.63, 3.8) is 0 Å². The number of rotatable bonds is 2. The third kappa shape index (κ3) is 3.11. The van der Waals surface area contributed by atoms with Crippen molar-refractivity contribution in [3.05, 3.63) is 52.0 Å². The molecule has 2 nitrogen and oxygen atoms in total. The van der Waals surface area contributed by atoms with E-state index in [0.717, 1.165) is 12.1 Å². The summed E-state index contributed by atoms with van der Waals surface area (Å²) in [5.74, 6) is 0.132. The van der Waals surface area contributed by atoms with Crippen molar-refractivity contribution < 1.29 is 17.9 Å². The van der Waals surface area contributed by atoms with Crippen LogP contribution in [-0.2, 0) is 6.18 Å². The van der Waals surface area contributed by atoms with E-state index in [-0.39, 0.29) is 27.2 Å². The van der Waals surface area contributed by atoms with Crippen LogP contribution in [0.3, 0.4) is 0 Å². The van der Waals surface area contributed by atoms with E-state index in [1.807, 2.05) is 0 Å². The summed E-state index contributed by atoms with van der Waals surface area (Å²) in [6.45, 7) is 0. The van der Waals surface area contributed by atoms with Gasteiger partial charge in [-0.25, -0.2) is 0 Å². The molecule has 0 saturated heterocycles. The Hall–Kier alpha value is -1.59. The second kappa shape index (κ2) is 5.42. The van der Waals surface area contributed by atoms with Crippen LogP contribution in [0.4, 0.5) is 18.9 Å². The maximum absolute atomic E-state index is 12.7. The van der Waals surface area contributed by atoms with E-state index < -0.39 is 11.7 Å². The van der Waals surface area contributed by atoms with Crippen LogP contribution in [0, 0.1) is 0 Å². The van der Waals surface area contributed by atoms with Crippen molar-refractivity contribution in [2.24, 2.45) is 0 Å². The molecule has 7 heteroatoms. The lowest BCUT2D eigenvalue weighted by Gasteiger charge is -2.13. The minimum Gasteiger partial charge on any atom is -0.456 e. The quantitative estimate of drug-likeness (QED) is 0.753. The van der Waals surface area contributed by atoms with Gasteiger partial charge in [-0.05, 0) is 30.3 Å². The third-order valence-corrected chi connectivity index (χ3v) is 3.28. The van der Waals surface area contributed by atoms with E-state index >= 15 is 0 Å². The zero-order valence-corrected chi connectivity index (χ0v) is 11.4. The molecule has 0 aliphatic carbocycles. The molecule has 106 valence electrons. The Morgan fingerprint density at radius 3 is 2.40 bits per heavy atom. The van der Waals surface area contributed by atoms with Crippen LogP contribution < -0.4 is 10.5 Å². The van der Waals surface area contributed by atoms with Crippen molar-refractivity contribution in [1.82, 2.24) is 0 Å². The molecule has 0 heterocycles. The van der Waals surface area contributed by atoms with E-state index in [0.29, 0.717) is 0 Å². The maximum Gasteiger partial charge on any atom is 0.418 e. The van der Waals surface area contributed by atoms with E-state index in [9.17, 15) is 13.2 Å². The second-order valence-corrected chi connectivity index (χ2v) is 4.69. The summed E-state index contributed by atoms with van der Waals surface area (Å²) in [7, 11) is 0. The van der Waals surface area contributed by atoms with Gasteiger partial charge in [0.1, 0.15) is 16.5 Å². The van der Waals surface area contributed by atoms with Crippen LogP contribution in [0.15, 0.2) is 36.4 Å². The van der Waals surface area contributed by atoms with Crippen molar-refractivity contribution in [2.45, 2.75) is 6.18 Å². The second-order valence-electron chi connectivity index (χ2n) is 3.90. The largest absolute Gasteiger partial charge is 0.456 e. The van der Waals surface area contributed by atoms with Gasteiger partial charge in [-0.3, -0.25) is 0 Å². The number of benzene rings is 2. The van der Waals surface area contributed by atoms with Crippen LogP contribution >= 0.6 is 23.2 Å². The van der Waals surface area contributed by atoms with Crippen LogP contribution in [0.1, 0.15) is 5.56 Å². The lowest BCUT2D eigenvalue weighted by atomic mass is 10.1. The zero-order valence-electron chi connectivity index (χ0n) is 9.84. The molecule has 2 rings (SSSR count). The Morgan fingerprint density at radius 1 is 1.05 bits per heavy atom. The molecular formula is C13H8Cl2F3NO. The molecule has 0 spiro atoms. The van der Waals surface area contributed by atoms with E-state index in [1.54, 1.807) is 12.1 Å². The Kier molecular flexibility index (Phi) is 4.01. The molecule has 0 aliphatic heterocycles. The third-order valence-electron chi connectivity index (χ3n) is 2.47. The first-order valence-electron chi connectivity index (χ1n) is 5.37. The predicted molar refractivity (Wildman–Crippen MR) is 72.4 cm³/mol. The summed E-state index contributed by atoms with van der Waals surface area (Å²) in [5, 5.41) is 0.371. The predicted octanol–water partition coefficient (Wildman–Crippen LogP) is 5.39. The molecule has 0 amide bonds. The summed E-state index contributed by atoms with van der Waals surface area (Å²) in [5.41, 5.74) is 3.96. The highest BCUT2D eigenvalue weighted by Crippen LogP contribution is 2.39. The topological polar surface area (TPSA) is 35.2 Å². The van der Waals surface area contributed by atoms with Gasteiger partial charge < -0.3 is 10.5 Å². The minimum atomic E-state index is -4.55. The van der Waals surface area contributed by atoms with Crippen molar-refractivity contribution in [3.8, 4) is 11.5 Å². The van der Waals surface area contributed by atoms with Gasteiger partial charge in [0.05, 0.1) is 10.6 Å². The molecule has 2 aromatic carbocycles. The van der Waals surface area contributed by atoms with Crippen LogP contribution in [0.25, 0.3) is 0 Å². The number of halogens is 5. The van der Waals surface area contributed by atoms with Gasteiger partial charge in [0.2, 0.25) is 0 Å². The van der Waals surface area contributed by atoms with E-state index in [2.05, 4.69) is 0 Å². The van der Waals surface area contributed by atoms with Gasteiger partial charge in [-0.2, -0.15) is 13.2 Å². The number of hydrogen-bond donors (Lipinski definition) is 1. The molecule has 2 aromatic rings. The van der Waals surface area contributed by atoms with Crippen LogP contribution in [-0.4, -0.2) is 0 Å². The number of nitrogens with two attached hydrogens (primary N) is 1. The first-order chi connectivity index (χ1) is 9.29.